The van der Waals surface area contributed by atoms with Crippen molar-refractivity contribution in [2.24, 2.45) is 11.7 Å². The van der Waals surface area contributed by atoms with Crippen molar-refractivity contribution in [3.05, 3.63) is 0 Å². The number of rotatable bonds is 16. The maximum Gasteiger partial charge on any atom is 0.00669 e. The zero-order valence-electron chi connectivity index (χ0n) is 15.7. The summed E-state index contributed by atoms with van der Waals surface area (Å²) in [6.07, 6.45) is 20.8. The van der Waals surface area contributed by atoms with E-state index in [1.165, 1.54) is 96.3 Å². The first kappa shape index (κ1) is 24.5. The van der Waals surface area contributed by atoms with Crippen molar-refractivity contribution in [2.45, 2.75) is 123 Å². The quantitative estimate of drug-likeness (QED) is 0.295. The van der Waals surface area contributed by atoms with Crippen LogP contribution >= 0.6 is 12.4 Å². The smallest absolute Gasteiger partial charge is 0.00669 e. The van der Waals surface area contributed by atoms with E-state index in [2.05, 4.69) is 20.8 Å². The molecule has 0 radical (unpaired) electrons. The number of nitrogens with two attached hydrogens (primary N) is 1. The standard InChI is InChI=1S/C20H43N.ClH/c1-4-7-8-9-10-11-12-13-14-15-16-18-19(6-3)20(21)17-5-2;/h19-20H,4-18,21H2,1-3H3;1H. The van der Waals surface area contributed by atoms with Crippen LogP contribution in [0, 0.1) is 5.92 Å². The molecule has 0 aromatic rings. The van der Waals surface area contributed by atoms with Crippen LogP contribution in [0.25, 0.3) is 0 Å². The Kier molecular flexibility index (Phi) is 21.5. The average Bonchev–Trinajstić information content (AvgIpc) is 2.48. The first-order chi connectivity index (χ1) is 10.3. The third-order valence-corrected chi connectivity index (χ3v) is 4.93. The summed E-state index contributed by atoms with van der Waals surface area (Å²) in [5.74, 6) is 0.767. The molecule has 0 aliphatic heterocycles. The molecule has 0 aliphatic carbocycles. The van der Waals surface area contributed by atoms with Gasteiger partial charge in [0.25, 0.3) is 0 Å². The fraction of sp³-hybridized carbons (Fsp3) is 1.00. The summed E-state index contributed by atoms with van der Waals surface area (Å²) in [4.78, 5) is 0. The second-order valence-corrected chi connectivity index (χ2v) is 6.95. The molecule has 0 aliphatic rings. The molecular weight excluding hydrogens is 290 g/mol. The van der Waals surface area contributed by atoms with Gasteiger partial charge in [0.15, 0.2) is 0 Å². The minimum atomic E-state index is 0. The highest BCUT2D eigenvalue weighted by molar-refractivity contribution is 5.85. The van der Waals surface area contributed by atoms with Crippen molar-refractivity contribution >= 4 is 12.4 Å². The molecule has 0 aromatic heterocycles. The average molecular weight is 334 g/mol. The minimum Gasteiger partial charge on any atom is -0.327 e. The molecular formula is C20H44ClN. The highest BCUT2D eigenvalue weighted by atomic mass is 35.5. The van der Waals surface area contributed by atoms with Gasteiger partial charge in [-0.2, -0.15) is 0 Å². The van der Waals surface area contributed by atoms with Crippen LogP contribution in [0.1, 0.15) is 117 Å². The number of halogens is 1. The molecule has 136 valence electrons. The van der Waals surface area contributed by atoms with E-state index in [0.29, 0.717) is 6.04 Å². The molecule has 0 saturated heterocycles. The van der Waals surface area contributed by atoms with Crippen LogP contribution in [0.5, 0.6) is 0 Å². The molecule has 0 rings (SSSR count). The van der Waals surface area contributed by atoms with Crippen LogP contribution in [-0.2, 0) is 0 Å². The number of hydrogen-bond donors (Lipinski definition) is 1. The van der Waals surface area contributed by atoms with Crippen molar-refractivity contribution in [3.8, 4) is 0 Å². The summed E-state index contributed by atoms with van der Waals surface area (Å²) >= 11 is 0. The van der Waals surface area contributed by atoms with E-state index in [-0.39, 0.29) is 12.4 Å². The Hall–Kier alpha value is 0.250. The third kappa shape index (κ3) is 15.2. The topological polar surface area (TPSA) is 26.0 Å². The Bertz CT molecular complexity index is 196. The Morgan fingerprint density at radius 3 is 1.45 bits per heavy atom. The van der Waals surface area contributed by atoms with Crippen LogP contribution in [0.3, 0.4) is 0 Å². The lowest BCUT2D eigenvalue weighted by Gasteiger charge is -2.22. The van der Waals surface area contributed by atoms with Crippen molar-refractivity contribution in [2.75, 3.05) is 0 Å². The van der Waals surface area contributed by atoms with Crippen LogP contribution in [-0.4, -0.2) is 6.04 Å². The van der Waals surface area contributed by atoms with Gasteiger partial charge in [-0.05, 0) is 18.8 Å². The van der Waals surface area contributed by atoms with E-state index in [9.17, 15) is 0 Å². The summed E-state index contributed by atoms with van der Waals surface area (Å²) in [5.41, 5.74) is 6.27. The van der Waals surface area contributed by atoms with Crippen LogP contribution in [0.15, 0.2) is 0 Å². The normalized spacial score (nSPS) is 13.6. The van der Waals surface area contributed by atoms with E-state index in [4.69, 9.17) is 5.73 Å². The van der Waals surface area contributed by atoms with Crippen LogP contribution in [0.4, 0.5) is 0 Å². The van der Waals surface area contributed by atoms with Crippen molar-refractivity contribution < 1.29 is 0 Å². The van der Waals surface area contributed by atoms with Gasteiger partial charge in [-0.15, -0.1) is 12.4 Å². The van der Waals surface area contributed by atoms with Crippen molar-refractivity contribution in [1.29, 1.82) is 0 Å². The second kappa shape index (κ2) is 19.3. The summed E-state index contributed by atoms with van der Waals surface area (Å²) in [5, 5.41) is 0. The van der Waals surface area contributed by atoms with Crippen molar-refractivity contribution in [1.82, 2.24) is 0 Å². The monoisotopic (exact) mass is 333 g/mol. The molecule has 0 amide bonds. The first-order valence-electron chi connectivity index (χ1n) is 10.0. The van der Waals surface area contributed by atoms with Gasteiger partial charge in [0.2, 0.25) is 0 Å². The minimum absolute atomic E-state index is 0. The summed E-state index contributed by atoms with van der Waals surface area (Å²) in [6.45, 7) is 6.84. The van der Waals surface area contributed by atoms with Gasteiger partial charge in [0.1, 0.15) is 0 Å². The van der Waals surface area contributed by atoms with Gasteiger partial charge >= 0.3 is 0 Å². The molecule has 22 heavy (non-hydrogen) atoms. The van der Waals surface area contributed by atoms with Gasteiger partial charge in [0.05, 0.1) is 0 Å². The molecule has 2 unspecified atom stereocenters. The van der Waals surface area contributed by atoms with Gasteiger partial charge in [-0.25, -0.2) is 0 Å². The lowest BCUT2D eigenvalue weighted by atomic mass is 9.89. The number of hydrogen-bond acceptors (Lipinski definition) is 1. The molecule has 0 bridgehead atoms. The van der Waals surface area contributed by atoms with E-state index in [1.54, 1.807) is 0 Å². The highest BCUT2D eigenvalue weighted by Crippen LogP contribution is 2.20. The fourth-order valence-electron chi connectivity index (χ4n) is 3.36. The molecule has 2 atom stereocenters. The molecule has 0 aromatic carbocycles. The Balaban J connectivity index is 0. The molecule has 2 N–H and O–H groups in total. The predicted molar refractivity (Wildman–Crippen MR) is 105 cm³/mol. The van der Waals surface area contributed by atoms with E-state index in [0.717, 1.165) is 5.92 Å². The third-order valence-electron chi connectivity index (χ3n) is 4.93. The predicted octanol–water partition coefficient (Wildman–Crippen LogP) is 7.26. The number of unbranched alkanes of at least 4 members (excludes halogenated alkanes) is 10. The Morgan fingerprint density at radius 1 is 0.591 bits per heavy atom. The molecule has 0 spiro atoms. The van der Waals surface area contributed by atoms with Gasteiger partial charge in [-0.1, -0.05) is 104 Å². The van der Waals surface area contributed by atoms with Gasteiger partial charge in [0, 0.05) is 6.04 Å². The summed E-state index contributed by atoms with van der Waals surface area (Å²) in [6, 6.07) is 0.447. The SMILES string of the molecule is CCCCCCCCCCCCCC(CC)C(N)CCC.Cl. The lowest BCUT2D eigenvalue weighted by Crippen LogP contribution is -2.29. The lowest BCUT2D eigenvalue weighted by molar-refractivity contribution is 0.349. The summed E-state index contributed by atoms with van der Waals surface area (Å²) in [7, 11) is 0. The maximum atomic E-state index is 6.27. The zero-order chi connectivity index (χ0) is 15.8. The van der Waals surface area contributed by atoms with Crippen molar-refractivity contribution in [3.63, 3.8) is 0 Å². The Morgan fingerprint density at radius 2 is 1.05 bits per heavy atom. The molecule has 1 nitrogen and oxygen atoms in total. The highest BCUT2D eigenvalue weighted by Gasteiger charge is 2.14. The molecule has 0 saturated carbocycles. The summed E-state index contributed by atoms with van der Waals surface area (Å²) < 4.78 is 0. The van der Waals surface area contributed by atoms with Gasteiger partial charge in [-0.3, -0.25) is 0 Å². The van der Waals surface area contributed by atoms with E-state index < -0.39 is 0 Å². The van der Waals surface area contributed by atoms with Crippen LogP contribution in [0.2, 0.25) is 0 Å². The van der Waals surface area contributed by atoms with E-state index in [1.807, 2.05) is 0 Å². The second-order valence-electron chi connectivity index (χ2n) is 6.95. The largest absolute Gasteiger partial charge is 0.327 e. The zero-order valence-corrected chi connectivity index (χ0v) is 16.6. The maximum absolute atomic E-state index is 6.27. The Labute approximate surface area is 147 Å². The van der Waals surface area contributed by atoms with Crippen LogP contribution < -0.4 is 5.73 Å². The molecule has 2 heteroatoms. The first-order valence-corrected chi connectivity index (χ1v) is 10.0. The van der Waals surface area contributed by atoms with E-state index >= 15 is 0 Å². The molecule has 0 fully saturated rings. The van der Waals surface area contributed by atoms with Gasteiger partial charge < -0.3 is 5.73 Å². The molecule has 0 heterocycles. The fourth-order valence-corrected chi connectivity index (χ4v) is 3.36.